The molecule has 204 valence electrons. The Bertz CT molecular complexity index is 1060. The summed E-state index contributed by atoms with van der Waals surface area (Å²) in [6, 6.07) is 4.64. The molecule has 1 aliphatic rings. The molecule has 0 saturated carbocycles. The molecule has 1 aromatic rings. The Morgan fingerprint density at radius 2 is 1.67 bits per heavy atom. The van der Waals surface area contributed by atoms with Gasteiger partial charge in [0.1, 0.15) is 17.2 Å². The molecule has 3 atom stereocenters. The minimum atomic E-state index is -4.79. The Labute approximate surface area is 210 Å². The van der Waals surface area contributed by atoms with Gasteiger partial charge in [0.25, 0.3) is 0 Å². The van der Waals surface area contributed by atoms with E-state index in [1.165, 1.54) is 18.2 Å². The van der Waals surface area contributed by atoms with Gasteiger partial charge < -0.3 is 19.5 Å². The van der Waals surface area contributed by atoms with Gasteiger partial charge in [-0.1, -0.05) is 24.3 Å². The van der Waals surface area contributed by atoms with Crippen molar-refractivity contribution < 1.29 is 41.2 Å². The molecule has 8 nitrogen and oxygen atoms in total. The van der Waals surface area contributed by atoms with Crippen molar-refractivity contribution in [2.24, 2.45) is 0 Å². The largest absolute Gasteiger partial charge is 0.458 e. The molecule has 1 aromatic carbocycles. The molecule has 2 N–H and O–H groups in total. The van der Waals surface area contributed by atoms with Gasteiger partial charge in [0.15, 0.2) is 5.60 Å². The van der Waals surface area contributed by atoms with Gasteiger partial charge >= 0.3 is 18.2 Å². The van der Waals surface area contributed by atoms with Crippen molar-refractivity contribution in [1.29, 1.82) is 4.78 Å². The number of alkyl halides is 3. The van der Waals surface area contributed by atoms with Crippen LogP contribution in [0.4, 0.5) is 18.0 Å². The molecule has 0 radical (unpaired) electrons. The van der Waals surface area contributed by atoms with Gasteiger partial charge in [-0.25, -0.2) is 13.8 Å². The van der Waals surface area contributed by atoms with E-state index in [0.29, 0.717) is 5.56 Å². The van der Waals surface area contributed by atoms with Crippen molar-refractivity contribution in [3.05, 3.63) is 35.4 Å². The van der Waals surface area contributed by atoms with Crippen LogP contribution in [0.5, 0.6) is 0 Å². The SMILES string of the molecule is CC(C)(C)OC(=O)N[C@@H](CCS(=N)(=O)CCC1(C(F)(F)F)OCc2ccccc21)C(=O)OC(C)(C)C. The van der Waals surface area contributed by atoms with E-state index >= 15 is 0 Å². The summed E-state index contributed by atoms with van der Waals surface area (Å²) in [5.41, 5.74) is -4.06. The number of rotatable bonds is 8. The van der Waals surface area contributed by atoms with Crippen LogP contribution < -0.4 is 5.32 Å². The lowest BCUT2D eigenvalue weighted by atomic mass is 9.89. The minimum Gasteiger partial charge on any atom is -0.458 e. The Balaban J connectivity index is 2.15. The monoisotopic (exact) mass is 536 g/mol. The summed E-state index contributed by atoms with van der Waals surface area (Å²) in [7, 11) is -3.59. The summed E-state index contributed by atoms with van der Waals surface area (Å²) in [4.78, 5) is 24.9. The molecule has 36 heavy (non-hydrogen) atoms. The summed E-state index contributed by atoms with van der Waals surface area (Å²) in [5, 5.41) is 2.36. The number of ether oxygens (including phenoxy) is 3. The molecule has 0 bridgehead atoms. The normalized spacial score (nSPS) is 20.7. The number of hydrogen-bond acceptors (Lipinski definition) is 7. The quantitative estimate of drug-likeness (QED) is 0.450. The average molecular weight is 537 g/mol. The summed E-state index contributed by atoms with van der Waals surface area (Å²) in [6.07, 6.45) is -6.70. The van der Waals surface area contributed by atoms with E-state index in [4.69, 9.17) is 19.0 Å². The first-order valence-electron chi connectivity index (χ1n) is 11.5. The van der Waals surface area contributed by atoms with Crippen LogP contribution in [-0.4, -0.2) is 51.2 Å². The topological polar surface area (TPSA) is 115 Å². The first-order valence-corrected chi connectivity index (χ1v) is 13.4. The summed E-state index contributed by atoms with van der Waals surface area (Å²) in [6.45, 7) is 9.52. The third kappa shape index (κ3) is 8.09. The standard InChI is InChI=1S/C24H35F3N2O6S/c1-21(2,3)34-19(30)18(29-20(31)35-22(4,5)6)11-13-36(28,32)14-12-23(24(25,26)27)17-10-8-7-9-16(17)15-33-23/h7-10,18,28H,11-15H2,1-6H3,(H,29,31)/t18-,23?,36?/m0/s1. The average Bonchev–Trinajstić information content (AvgIpc) is 3.07. The Hall–Kier alpha value is -2.34. The van der Waals surface area contributed by atoms with Gasteiger partial charge in [-0.2, -0.15) is 13.2 Å². The number of alkyl carbamates (subject to hydrolysis) is 1. The van der Waals surface area contributed by atoms with E-state index in [-0.39, 0.29) is 18.6 Å². The first kappa shape index (κ1) is 29.9. The molecule has 2 rings (SSSR count). The minimum absolute atomic E-state index is 0.0501. The molecule has 0 saturated heterocycles. The summed E-state index contributed by atoms with van der Waals surface area (Å²) >= 11 is 0. The van der Waals surface area contributed by atoms with Crippen molar-refractivity contribution in [2.75, 3.05) is 11.5 Å². The highest BCUT2D eigenvalue weighted by Gasteiger charge is 2.60. The van der Waals surface area contributed by atoms with Crippen LogP contribution in [0.2, 0.25) is 0 Å². The maximum Gasteiger partial charge on any atom is 0.421 e. The van der Waals surface area contributed by atoms with Crippen LogP contribution in [0.3, 0.4) is 0 Å². The van der Waals surface area contributed by atoms with Crippen molar-refractivity contribution in [2.45, 2.75) is 90.0 Å². The fourth-order valence-electron chi connectivity index (χ4n) is 3.69. The number of carbonyl (C=O) groups excluding carboxylic acids is 2. The molecule has 1 amide bonds. The van der Waals surface area contributed by atoms with E-state index in [1.807, 2.05) is 0 Å². The molecule has 0 aliphatic carbocycles. The number of benzene rings is 1. The van der Waals surface area contributed by atoms with Crippen LogP contribution in [0.1, 0.15) is 65.5 Å². The molecule has 0 spiro atoms. The number of fused-ring (bicyclic) bond motifs is 1. The van der Waals surface area contributed by atoms with E-state index in [2.05, 4.69) is 5.32 Å². The number of esters is 1. The van der Waals surface area contributed by atoms with E-state index in [0.717, 1.165) is 0 Å². The van der Waals surface area contributed by atoms with Crippen molar-refractivity contribution >= 4 is 21.8 Å². The number of hydrogen-bond donors (Lipinski definition) is 2. The molecule has 12 heteroatoms. The second-order valence-electron chi connectivity index (χ2n) is 10.8. The third-order valence-corrected chi connectivity index (χ3v) is 7.05. The molecular weight excluding hydrogens is 501 g/mol. The van der Waals surface area contributed by atoms with Crippen LogP contribution >= 0.6 is 0 Å². The van der Waals surface area contributed by atoms with Gasteiger partial charge in [-0.3, -0.25) is 4.78 Å². The second-order valence-corrected chi connectivity index (χ2v) is 13.2. The van der Waals surface area contributed by atoms with Crippen LogP contribution in [0.25, 0.3) is 0 Å². The highest BCUT2D eigenvalue weighted by molar-refractivity contribution is 7.92. The van der Waals surface area contributed by atoms with Gasteiger partial charge in [0.2, 0.25) is 0 Å². The second kappa shape index (κ2) is 10.6. The van der Waals surface area contributed by atoms with Gasteiger partial charge in [0.05, 0.1) is 6.61 Å². The van der Waals surface area contributed by atoms with E-state index < -0.39 is 68.7 Å². The van der Waals surface area contributed by atoms with E-state index in [1.54, 1.807) is 47.6 Å². The Morgan fingerprint density at radius 1 is 1.08 bits per heavy atom. The molecule has 0 fully saturated rings. The maximum absolute atomic E-state index is 14.1. The zero-order valence-corrected chi connectivity index (χ0v) is 22.2. The molecular formula is C24H35F3N2O6S. The summed E-state index contributed by atoms with van der Waals surface area (Å²) in [5.74, 6) is -1.89. The molecule has 2 unspecified atom stereocenters. The van der Waals surface area contributed by atoms with E-state index in [9.17, 15) is 27.0 Å². The van der Waals surface area contributed by atoms with Crippen molar-refractivity contribution in [3.63, 3.8) is 0 Å². The van der Waals surface area contributed by atoms with Gasteiger partial charge in [0, 0.05) is 27.7 Å². The fraction of sp³-hybridized carbons (Fsp3) is 0.667. The number of carbonyl (C=O) groups is 2. The van der Waals surface area contributed by atoms with Gasteiger partial charge in [-0.05, 0) is 59.1 Å². The lowest BCUT2D eigenvalue weighted by molar-refractivity contribution is -0.281. The molecule has 1 heterocycles. The van der Waals surface area contributed by atoms with Crippen LogP contribution in [0.15, 0.2) is 24.3 Å². The van der Waals surface area contributed by atoms with Crippen LogP contribution in [-0.2, 0) is 40.9 Å². The fourth-order valence-corrected chi connectivity index (χ4v) is 5.13. The Kier molecular flexibility index (Phi) is 8.77. The predicted molar refractivity (Wildman–Crippen MR) is 128 cm³/mol. The smallest absolute Gasteiger partial charge is 0.421 e. The highest BCUT2D eigenvalue weighted by atomic mass is 32.2. The Morgan fingerprint density at radius 3 is 2.22 bits per heavy atom. The van der Waals surface area contributed by atoms with Gasteiger partial charge in [-0.15, -0.1) is 0 Å². The molecule has 0 aromatic heterocycles. The zero-order valence-electron chi connectivity index (χ0n) is 21.4. The summed E-state index contributed by atoms with van der Waals surface area (Å²) < 4.78 is 79.3. The predicted octanol–water partition coefficient (Wildman–Crippen LogP) is 5.04. The zero-order chi connectivity index (χ0) is 27.6. The number of amides is 1. The lowest BCUT2D eigenvalue weighted by Crippen LogP contribution is -2.47. The number of halogens is 3. The van der Waals surface area contributed by atoms with Crippen LogP contribution in [0, 0.1) is 4.78 Å². The molecule has 1 aliphatic heterocycles. The number of nitrogens with one attached hydrogen (secondary N) is 2. The lowest BCUT2D eigenvalue weighted by Gasteiger charge is -2.32. The third-order valence-electron chi connectivity index (χ3n) is 5.29. The van der Waals surface area contributed by atoms with Crippen molar-refractivity contribution in [3.8, 4) is 0 Å². The van der Waals surface area contributed by atoms with Crippen molar-refractivity contribution in [1.82, 2.24) is 5.32 Å². The first-order chi connectivity index (χ1) is 16.2. The maximum atomic E-state index is 14.1. The highest BCUT2D eigenvalue weighted by Crippen LogP contribution is 2.50.